The molecule has 110 valence electrons. The van der Waals surface area contributed by atoms with E-state index < -0.39 is 5.97 Å². The number of nitrogens with zero attached hydrogens (tertiary/aromatic N) is 1. The van der Waals surface area contributed by atoms with E-state index in [9.17, 15) is 9.90 Å². The Morgan fingerprint density at radius 2 is 2.15 bits per heavy atom. The summed E-state index contributed by atoms with van der Waals surface area (Å²) in [4.78, 5) is 13.5. The van der Waals surface area contributed by atoms with Gasteiger partial charge in [0.2, 0.25) is 0 Å². The van der Waals surface area contributed by atoms with Gasteiger partial charge < -0.3 is 9.84 Å². The zero-order valence-corrected chi connectivity index (χ0v) is 12.0. The van der Waals surface area contributed by atoms with Crippen LogP contribution < -0.4 is 0 Å². The zero-order valence-electron chi connectivity index (χ0n) is 12.0. The fourth-order valence-electron chi connectivity index (χ4n) is 2.86. The van der Waals surface area contributed by atoms with Crippen molar-refractivity contribution in [1.29, 1.82) is 0 Å². The summed E-state index contributed by atoms with van der Waals surface area (Å²) in [6.45, 7) is 2.16. The van der Waals surface area contributed by atoms with Crippen molar-refractivity contribution in [2.24, 2.45) is 0 Å². The lowest BCUT2D eigenvalue weighted by Crippen LogP contribution is -2.40. The van der Waals surface area contributed by atoms with Crippen LogP contribution in [0.15, 0.2) is 24.3 Å². The molecule has 0 radical (unpaired) electrons. The number of likely N-dealkylation sites (tertiary alicyclic amines) is 1. The summed E-state index contributed by atoms with van der Waals surface area (Å²) in [5.74, 6) is -0.694. The summed E-state index contributed by atoms with van der Waals surface area (Å²) >= 11 is 0. The molecule has 20 heavy (non-hydrogen) atoms. The highest BCUT2D eigenvalue weighted by atomic mass is 16.5. The molecule has 4 heteroatoms. The fraction of sp³-hybridized carbons (Fsp3) is 0.562. The monoisotopic (exact) mass is 277 g/mol. The Morgan fingerprint density at radius 3 is 2.90 bits per heavy atom. The van der Waals surface area contributed by atoms with E-state index in [2.05, 4.69) is 17.0 Å². The van der Waals surface area contributed by atoms with Crippen molar-refractivity contribution in [3.05, 3.63) is 35.4 Å². The van der Waals surface area contributed by atoms with E-state index >= 15 is 0 Å². The number of benzene rings is 1. The van der Waals surface area contributed by atoms with Gasteiger partial charge in [0, 0.05) is 13.7 Å². The molecule has 0 aliphatic carbocycles. The van der Waals surface area contributed by atoms with Crippen LogP contribution in [0.1, 0.15) is 36.8 Å². The maximum absolute atomic E-state index is 11.4. The lowest BCUT2D eigenvalue weighted by Gasteiger charge is -2.26. The van der Waals surface area contributed by atoms with Gasteiger partial charge in [-0.1, -0.05) is 37.1 Å². The van der Waals surface area contributed by atoms with Crippen molar-refractivity contribution in [3.63, 3.8) is 0 Å². The quantitative estimate of drug-likeness (QED) is 0.899. The maximum atomic E-state index is 11.4. The van der Waals surface area contributed by atoms with Crippen LogP contribution in [0.5, 0.6) is 0 Å². The number of rotatable bonds is 5. The minimum atomic E-state index is -0.694. The number of hydrogen-bond donors (Lipinski definition) is 1. The molecule has 1 atom stereocenters. The van der Waals surface area contributed by atoms with Gasteiger partial charge in [0.1, 0.15) is 6.04 Å². The highest BCUT2D eigenvalue weighted by Gasteiger charge is 2.26. The van der Waals surface area contributed by atoms with E-state index in [1.165, 1.54) is 0 Å². The Hall–Kier alpha value is -1.39. The molecule has 1 aromatic rings. The molecular weight excluding hydrogens is 254 g/mol. The van der Waals surface area contributed by atoms with Gasteiger partial charge in [-0.2, -0.15) is 0 Å². The van der Waals surface area contributed by atoms with Gasteiger partial charge >= 0.3 is 5.97 Å². The second-order valence-electron chi connectivity index (χ2n) is 5.43. The van der Waals surface area contributed by atoms with Gasteiger partial charge in [-0.3, -0.25) is 9.69 Å². The van der Waals surface area contributed by atoms with Gasteiger partial charge in [0.15, 0.2) is 0 Å². The average Bonchev–Trinajstić information content (AvgIpc) is 2.65. The van der Waals surface area contributed by atoms with Crippen LogP contribution in [0.2, 0.25) is 0 Å². The summed E-state index contributed by atoms with van der Waals surface area (Å²) in [5.41, 5.74) is 2.29. The second kappa shape index (κ2) is 7.41. The number of carbonyl (C=O) groups is 1. The predicted octanol–water partition coefficient (Wildman–Crippen LogP) is 2.66. The number of ether oxygens (including phenoxy) is 1. The Labute approximate surface area is 120 Å². The van der Waals surface area contributed by atoms with E-state index in [0.29, 0.717) is 13.2 Å². The van der Waals surface area contributed by atoms with Crippen molar-refractivity contribution in [3.8, 4) is 0 Å². The molecular formula is C16H23NO3. The zero-order chi connectivity index (χ0) is 14.4. The molecule has 1 unspecified atom stereocenters. The predicted molar refractivity (Wildman–Crippen MR) is 77.5 cm³/mol. The topological polar surface area (TPSA) is 49.8 Å². The Kier molecular flexibility index (Phi) is 5.56. The molecule has 1 heterocycles. The lowest BCUT2D eigenvalue weighted by atomic mass is 10.1. The van der Waals surface area contributed by atoms with Gasteiger partial charge in [-0.15, -0.1) is 0 Å². The third kappa shape index (κ3) is 4.05. The molecule has 2 rings (SSSR count). The smallest absolute Gasteiger partial charge is 0.320 e. The van der Waals surface area contributed by atoms with Crippen LogP contribution in [0.3, 0.4) is 0 Å². The highest BCUT2D eigenvalue weighted by molar-refractivity contribution is 5.73. The summed E-state index contributed by atoms with van der Waals surface area (Å²) in [7, 11) is 1.68. The van der Waals surface area contributed by atoms with E-state index in [0.717, 1.165) is 43.4 Å². The molecule has 0 saturated carbocycles. The molecule has 0 bridgehead atoms. The number of carboxylic acid groups (broad SMARTS) is 1. The lowest BCUT2D eigenvalue weighted by molar-refractivity contribution is -0.143. The van der Waals surface area contributed by atoms with Crippen molar-refractivity contribution in [2.45, 2.75) is 44.9 Å². The molecule has 0 spiro atoms. The number of aliphatic carboxylic acids is 1. The van der Waals surface area contributed by atoms with E-state index in [-0.39, 0.29) is 6.04 Å². The van der Waals surface area contributed by atoms with Crippen molar-refractivity contribution >= 4 is 5.97 Å². The fourth-order valence-corrected chi connectivity index (χ4v) is 2.86. The molecule has 1 aliphatic heterocycles. The Morgan fingerprint density at radius 1 is 1.35 bits per heavy atom. The average molecular weight is 277 g/mol. The summed E-state index contributed by atoms with van der Waals surface area (Å²) in [6, 6.07) is 7.86. The summed E-state index contributed by atoms with van der Waals surface area (Å²) in [5, 5.41) is 9.39. The van der Waals surface area contributed by atoms with Crippen molar-refractivity contribution in [2.75, 3.05) is 13.7 Å². The molecule has 4 nitrogen and oxygen atoms in total. The maximum Gasteiger partial charge on any atom is 0.320 e. The first-order valence-electron chi connectivity index (χ1n) is 7.24. The first-order valence-corrected chi connectivity index (χ1v) is 7.24. The standard InChI is InChI=1S/C16H23NO3/c1-20-12-14-7-5-6-13(10-14)11-17-9-4-2-3-8-15(17)16(18)19/h5-7,10,15H,2-4,8-9,11-12H2,1H3,(H,18,19). The number of hydrogen-bond acceptors (Lipinski definition) is 3. The minimum absolute atomic E-state index is 0.344. The molecule has 0 amide bonds. The van der Waals surface area contributed by atoms with Crippen LogP contribution in [0.4, 0.5) is 0 Å². The van der Waals surface area contributed by atoms with Crippen LogP contribution in [0, 0.1) is 0 Å². The van der Waals surface area contributed by atoms with Gasteiger partial charge in [-0.25, -0.2) is 0 Å². The van der Waals surface area contributed by atoms with Gasteiger partial charge in [-0.05, 0) is 30.5 Å². The summed E-state index contributed by atoms with van der Waals surface area (Å²) in [6.07, 6.45) is 3.98. The third-order valence-electron chi connectivity index (χ3n) is 3.84. The Balaban J connectivity index is 2.09. The normalized spacial score (nSPS) is 20.6. The molecule has 0 aromatic heterocycles. The van der Waals surface area contributed by atoms with E-state index in [4.69, 9.17) is 4.74 Å². The van der Waals surface area contributed by atoms with Crippen LogP contribution in [0.25, 0.3) is 0 Å². The van der Waals surface area contributed by atoms with Crippen molar-refractivity contribution in [1.82, 2.24) is 4.90 Å². The van der Waals surface area contributed by atoms with Crippen LogP contribution >= 0.6 is 0 Å². The third-order valence-corrected chi connectivity index (χ3v) is 3.84. The molecule has 1 fully saturated rings. The van der Waals surface area contributed by atoms with E-state index in [1.54, 1.807) is 7.11 Å². The van der Waals surface area contributed by atoms with Crippen LogP contribution in [-0.2, 0) is 22.7 Å². The molecule has 1 aliphatic rings. The SMILES string of the molecule is COCc1cccc(CN2CCCCCC2C(=O)O)c1. The molecule has 1 aromatic carbocycles. The van der Waals surface area contributed by atoms with Gasteiger partial charge in [0.05, 0.1) is 6.61 Å². The molecule has 1 saturated heterocycles. The first kappa shape index (κ1) is 15.0. The minimum Gasteiger partial charge on any atom is -0.480 e. The Bertz CT molecular complexity index is 447. The summed E-state index contributed by atoms with van der Waals surface area (Å²) < 4.78 is 5.14. The molecule has 1 N–H and O–H groups in total. The van der Waals surface area contributed by atoms with Gasteiger partial charge in [0.25, 0.3) is 0 Å². The number of methoxy groups -OCH3 is 1. The number of carboxylic acids is 1. The van der Waals surface area contributed by atoms with Crippen molar-refractivity contribution < 1.29 is 14.6 Å². The highest BCUT2D eigenvalue weighted by Crippen LogP contribution is 2.20. The second-order valence-corrected chi connectivity index (χ2v) is 5.43. The largest absolute Gasteiger partial charge is 0.480 e. The van der Waals surface area contributed by atoms with E-state index in [1.807, 2.05) is 12.1 Å². The first-order chi connectivity index (χ1) is 9.70. The van der Waals surface area contributed by atoms with Crippen LogP contribution in [-0.4, -0.2) is 35.7 Å².